The molecule has 0 amide bonds. The zero-order valence-electron chi connectivity index (χ0n) is 10.2. The van der Waals surface area contributed by atoms with Gasteiger partial charge in [-0.2, -0.15) is 0 Å². The van der Waals surface area contributed by atoms with Gasteiger partial charge in [0, 0.05) is 15.5 Å². The van der Waals surface area contributed by atoms with Crippen molar-refractivity contribution in [1.82, 2.24) is 4.90 Å². The Morgan fingerprint density at radius 1 is 1.29 bits per heavy atom. The van der Waals surface area contributed by atoms with E-state index in [-0.39, 0.29) is 0 Å². The Balaban J connectivity index is 1.84. The average Bonchev–Trinajstić information content (AvgIpc) is 2.33. The molecule has 1 aromatic rings. The summed E-state index contributed by atoms with van der Waals surface area (Å²) in [7, 11) is 0. The maximum absolute atomic E-state index is 6.16. The third-order valence-electron chi connectivity index (χ3n) is 3.60. The van der Waals surface area contributed by atoms with Crippen LogP contribution in [0.2, 0.25) is 0 Å². The summed E-state index contributed by atoms with van der Waals surface area (Å²) >= 11 is 8.51. The van der Waals surface area contributed by atoms with Crippen molar-refractivity contribution in [3.8, 4) is 0 Å². The van der Waals surface area contributed by atoms with Gasteiger partial charge in [-0.05, 0) is 79.1 Å². The highest BCUT2D eigenvalue weighted by atomic mass is 127. The third-order valence-corrected chi connectivity index (χ3v) is 4.68. The second-order valence-electron chi connectivity index (χ2n) is 4.92. The second kappa shape index (κ2) is 6.39. The molecule has 17 heavy (non-hydrogen) atoms. The molecular weight excluding hydrogens is 345 g/mol. The van der Waals surface area contributed by atoms with Crippen molar-refractivity contribution in [1.29, 1.82) is 0 Å². The van der Waals surface area contributed by atoms with Gasteiger partial charge in [0.05, 0.1) is 0 Å². The van der Waals surface area contributed by atoms with Gasteiger partial charge in [-0.1, -0.05) is 12.1 Å². The lowest BCUT2D eigenvalue weighted by atomic mass is 9.94. The van der Waals surface area contributed by atoms with Crippen LogP contribution in [-0.4, -0.2) is 23.4 Å². The lowest BCUT2D eigenvalue weighted by molar-refractivity contribution is 0.176. The Kier molecular flexibility index (Phi) is 5.12. The second-order valence-corrected chi connectivity index (χ2v) is 6.85. The minimum atomic E-state index is 0.329. The van der Waals surface area contributed by atoms with E-state index in [1.54, 1.807) is 0 Å². The average molecular weight is 364 g/mol. The summed E-state index contributed by atoms with van der Waals surface area (Å²) in [6.45, 7) is 5.59. The Hall–Kier alpha value is 0.200. The molecule has 0 spiro atoms. The van der Waals surface area contributed by atoms with Crippen molar-refractivity contribution in [3.63, 3.8) is 0 Å². The Labute approximate surface area is 123 Å². The van der Waals surface area contributed by atoms with Crippen LogP contribution >= 0.6 is 34.2 Å². The first-order valence-corrected chi connectivity index (χ1v) is 7.77. The van der Waals surface area contributed by atoms with Gasteiger partial charge in [-0.15, -0.1) is 11.6 Å². The van der Waals surface area contributed by atoms with E-state index in [4.69, 9.17) is 11.6 Å². The first-order chi connectivity index (χ1) is 8.15. The molecule has 0 saturated carbocycles. The molecule has 1 nitrogen and oxygen atoms in total. The van der Waals surface area contributed by atoms with Crippen molar-refractivity contribution in [2.45, 2.75) is 31.7 Å². The SMILES string of the molecule is CC(Cl)C1CCN(Cc2ccc(I)cc2)CC1. The zero-order valence-corrected chi connectivity index (χ0v) is 13.1. The Bertz CT molecular complexity index is 342. The molecule has 1 atom stereocenters. The summed E-state index contributed by atoms with van der Waals surface area (Å²) in [6.07, 6.45) is 2.49. The topological polar surface area (TPSA) is 3.24 Å². The van der Waals surface area contributed by atoms with Crippen molar-refractivity contribution < 1.29 is 0 Å². The van der Waals surface area contributed by atoms with Crippen LogP contribution < -0.4 is 0 Å². The van der Waals surface area contributed by atoms with E-state index in [1.165, 1.54) is 35.1 Å². The van der Waals surface area contributed by atoms with Gasteiger partial charge in [0.15, 0.2) is 0 Å². The molecule has 3 heteroatoms. The summed E-state index contributed by atoms with van der Waals surface area (Å²) in [5.41, 5.74) is 1.42. The first-order valence-electron chi connectivity index (χ1n) is 6.26. The van der Waals surface area contributed by atoms with Crippen LogP contribution in [0.4, 0.5) is 0 Å². The number of alkyl halides is 1. The summed E-state index contributed by atoms with van der Waals surface area (Å²) in [5.74, 6) is 0.713. The minimum Gasteiger partial charge on any atom is -0.299 e. The maximum atomic E-state index is 6.16. The molecule has 2 rings (SSSR count). The van der Waals surface area contributed by atoms with Crippen LogP contribution in [0, 0.1) is 9.49 Å². The highest BCUT2D eigenvalue weighted by Gasteiger charge is 2.22. The van der Waals surface area contributed by atoms with Crippen LogP contribution in [0.15, 0.2) is 24.3 Å². The molecule has 1 unspecified atom stereocenters. The monoisotopic (exact) mass is 363 g/mol. The fraction of sp³-hybridized carbons (Fsp3) is 0.571. The van der Waals surface area contributed by atoms with Gasteiger partial charge < -0.3 is 0 Å². The number of piperidine rings is 1. The van der Waals surface area contributed by atoms with Crippen molar-refractivity contribution in [2.75, 3.05) is 13.1 Å². The van der Waals surface area contributed by atoms with Gasteiger partial charge in [0.2, 0.25) is 0 Å². The van der Waals surface area contributed by atoms with Crippen LogP contribution in [0.3, 0.4) is 0 Å². The lowest BCUT2D eigenvalue weighted by Crippen LogP contribution is -2.35. The summed E-state index contributed by atoms with van der Waals surface area (Å²) in [6, 6.07) is 8.84. The number of hydrogen-bond donors (Lipinski definition) is 0. The molecule has 1 saturated heterocycles. The molecular formula is C14H19ClIN. The van der Waals surface area contributed by atoms with Crippen molar-refractivity contribution >= 4 is 34.2 Å². The van der Waals surface area contributed by atoms with E-state index in [9.17, 15) is 0 Å². The quantitative estimate of drug-likeness (QED) is 0.576. The third kappa shape index (κ3) is 4.11. The highest BCUT2D eigenvalue weighted by molar-refractivity contribution is 14.1. The van der Waals surface area contributed by atoms with Gasteiger partial charge in [-0.3, -0.25) is 4.90 Å². The predicted octanol–water partition coefficient (Wildman–Crippen LogP) is 4.13. The fourth-order valence-electron chi connectivity index (χ4n) is 2.42. The van der Waals surface area contributed by atoms with E-state index in [1.807, 2.05) is 0 Å². The number of halogens is 2. The molecule has 0 N–H and O–H groups in total. The van der Waals surface area contributed by atoms with Crippen LogP contribution in [0.5, 0.6) is 0 Å². The van der Waals surface area contributed by atoms with Crippen LogP contribution in [0.25, 0.3) is 0 Å². The van der Waals surface area contributed by atoms with Gasteiger partial charge in [0.25, 0.3) is 0 Å². The molecule has 94 valence electrons. The van der Waals surface area contributed by atoms with E-state index in [0.29, 0.717) is 11.3 Å². The number of benzene rings is 1. The van der Waals surface area contributed by atoms with Crippen LogP contribution in [-0.2, 0) is 6.54 Å². The lowest BCUT2D eigenvalue weighted by Gasteiger charge is -2.33. The van der Waals surface area contributed by atoms with Crippen LogP contribution in [0.1, 0.15) is 25.3 Å². The van der Waals surface area contributed by atoms with Gasteiger partial charge in [0.1, 0.15) is 0 Å². The molecule has 1 heterocycles. The predicted molar refractivity (Wildman–Crippen MR) is 82.5 cm³/mol. The Morgan fingerprint density at radius 3 is 2.41 bits per heavy atom. The van der Waals surface area contributed by atoms with E-state index in [0.717, 1.165) is 6.54 Å². The molecule has 0 bridgehead atoms. The summed E-state index contributed by atoms with van der Waals surface area (Å²) < 4.78 is 1.31. The van der Waals surface area contributed by atoms with Gasteiger partial charge in [-0.25, -0.2) is 0 Å². The number of likely N-dealkylation sites (tertiary alicyclic amines) is 1. The molecule has 0 radical (unpaired) electrons. The molecule has 0 aromatic heterocycles. The standard InChI is InChI=1S/C14H19ClIN/c1-11(15)13-6-8-17(9-7-13)10-12-2-4-14(16)5-3-12/h2-5,11,13H,6-10H2,1H3. The van der Waals surface area contributed by atoms with Crippen molar-refractivity contribution in [3.05, 3.63) is 33.4 Å². The number of hydrogen-bond acceptors (Lipinski definition) is 1. The molecule has 1 fully saturated rings. The van der Waals surface area contributed by atoms with E-state index < -0.39 is 0 Å². The molecule has 1 aliphatic rings. The number of rotatable bonds is 3. The highest BCUT2D eigenvalue weighted by Crippen LogP contribution is 2.24. The Morgan fingerprint density at radius 2 is 1.88 bits per heavy atom. The summed E-state index contributed by atoms with van der Waals surface area (Å²) in [4.78, 5) is 2.54. The summed E-state index contributed by atoms with van der Waals surface area (Å²) in [5, 5.41) is 0.329. The smallest absolute Gasteiger partial charge is 0.0337 e. The minimum absolute atomic E-state index is 0.329. The van der Waals surface area contributed by atoms with E-state index in [2.05, 4.69) is 58.7 Å². The normalized spacial score (nSPS) is 20.4. The molecule has 0 aliphatic carbocycles. The zero-order chi connectivity index (χ0) is 12.3. The van der Waals surface area contributed by atoms with Gasteiger partial charge >= 0.3 is 0 Å². The van der Waals surface area contributed by atoms with E-state index >= 15 is 0 Å². The molecule has 1 aromatic carbocycles. The largest absolute Gasteiger partial charge is 0.299 e. The first kappa shape index (κ1) is 13.6. The van der Waals surface area contributed by atoms with Crippen molar-refractivity contribution in [2.24, 2.45) is 5.92 Å². The maximum Gasteiger partial charge on any atom is 0.0337 e. The number of nitrogens with zero attached hydrogens (tertiary/aromatic N) is 1. The molecule has 1 aliphatic heterocycles. The fourth-order valence-corrected chi connectivity index (χ4v) is 3.03.